The molecule has 0 unspecified atom stereocenters. The van der Waals surface area contributed by atoms with E-state index in [0.717, 1.165) is 12.8 Å². The molecule has 0 saturated heterocycles. The average Bonchev–Trinajstić information content (AvgIpc) is 2.86. The third kappa shape index (κ3) is 3.35. The normalized spacial score (nSPS) is 16.9. The van der Waals surface area contributed by atoms with Crippen molar-refractivity contribution in [2.75, 3.05) is 0 Å². The number of benzene rings is 1. The lowest BCUT2D eigenvalue weighted by Gasteiger charge is -2.22. The Hall–Kier alpha value is -1.91. The van der Waals surface area contributed by atoms with Gasteiger partial charge >= 0.3 is 5.97 Å². The first-order valence-electron chi connectivity index (χ1n) is 6.76. The van der Waals surface area contributed by atoms with Gasteiger partial charge < -0.3 is 10.4 Å². The van der Waals surface area contributed by atoms with Gasteiger partial charge in [-0.1, -0.05) is 25.0 Å². The van der Waals surface area contributed by atoms with Gasteiger partial charge in [0.15, 0.2) is 0 Å². The minimum Gasteiger partial charge on any atom is -0.481 e. The fourth-order valence-electron chi connectivity index (χ4n) is 2.74. The van der Waals surface area contributed by atoms with E-state index in [1.165, 1.54) is 12.1 Å². The zero-order chi connectivity index (χ0) is 14.6. The number of amides is 1. The molecule has 5 heteroatoms. The maximum atomic E-state index is 13.0. The average molecular weight is 279 g/mol. The van der Waals surface area contributed by atoms with Gasteiger partial charge in [0.05, 0.1) is 5.41 Å². The van der Waals surface area contributed by atoms with E-state index in [1.807, 2.05) is 0 Å². The zero-order valence-corrected chi connectivity index (χ0v) is 11.2. The molecule has 1 amide bonds. The Morgan fingerprint density at radius 2 is 2.00 bits per heavy atom. The smallest absolute Gasteiger partial charge is 0.310 e. The number of carboxylic acids is 1. The first-order chi connectivity index (χ1) is 9.52. The Balaban J connectivity index is 1.90. The predicted molar refractivity (Wildman–Crippen MR) is 71.4 cm³/mol. The molecular formula is C15H18FNO3. The summed E-state index contributed by atoms with van der Waals surface area (Å²) in [5.74, 6) is -1.54. The topological polar surface area (TPSA) is 66.4 Å². The summed E-state index contributed by atoms with van der Waals surface area (Å²) in [6.07, 6.45) is 2.80. The third-order valence-corrected chi connectivity index (χ3v) is 3.89. The molecule has 4 nitrogen and oxygen atoms in total. The molecule has 0 heterocycles. The number of carbonyl (C=O) groups excluding carboxylic acids is 1. The van der Waals surface area contributed by atoms with E-state index < -0.39 is 11.4 Å². The molecule has 0 radical (unpaired) electrons. The van der Waals surface area contributed by atoms with Crippen molar-refractivity contribution in [3.05, 3.63) is 35.6 Å². The Morgan fingerprint density at radius 1 is 1.30 bits per heavy atom. The molecule has 0 atom stereocenters. The lowest BCUT2D eigenvalue weighted by Crippen LogP contribution is -2.35. The van der Waals surface area contributed by atoms with Crippen LogP contribution in [0.5, 0.6) is 0 Å². The standard InChI is InChI=1S/C15H18FNO3/c16-12-5-3-4-11(8-12)10-17-13(18)9-15(14(19)20)6-1-2-7-15/h3-5,8H,1-2,6-7,9-10H2,(H,17,18)(H,19,20). The van der Waals surface area contributed by atoms with Crippen molar-refractivity contribution in [2.24, 2.45) is 5.41 Å². The lowest BCUT2D eigenvalue weighted by molar-refractivity contribution is -0.151. The van der Waals surface area contributed by atoms with E-state index in [4.69, 9.17) is 0 Å². The van der Waals surface area contributed by atoms with E-state index in [1.54, 1.807) is 12.1 Å². The number of carbonyl (C=O) groups is 2. The van der Waals surface area contributed by atoms with Gasteiger partial charge in [-0.2, -0.15) is 0 Å². The third-order valence-electron chi connectivity index (χ3n) is 3.89. The van der Waals surface area contributed by atoms with Crippen molar-refractivity contribution in [1.82, 2.24) is 5.32 Å². The fraction of sp³-hybridized carbons (Fsp3) is 0.467. The van der Waals surface area contributed by atoms with Crippen LogP contribution in [0.2, 0.25) is 0 Å². The predicted octanol–water partition coefficient (Wildman–Crippen LogP) is 2.48. The summed E-state index contributed by atoms with van der Waals surface area (Å²) in [6, 6.07) is 5.98. The maximum absolute atomic E-state index is 13.0. The molecule has 20 heavy (non-hydrogen) atoms. The Bertz CT molecular complexity index is 510. The molecule has 1 saturated carbocycles. The summed E-state index contributed by atoms with van der Waals surface area (Å²) >= 11 is 0. The molecule has 0 aromatic heterocycles. The van der Waals surface area contributed by atoms with Crippen LogP contribution in [0.3, 0.4) is 0 Å². The summed E-state index contributed by atoms with van der Waals surface area (Å²) < 4.78 is 13.0. The minimum atomic E-state index is -0.911. The van der Waals surface area contributed by atoms with Gasteiger partial charge in [-0.3, -0.25) is 9.59 Å². The first-order valence-corrected chi connectivity index (χ1v) is 6.76. The van der Waals surface area contributed by atoms with E-state index in [9.17, 15) is 19.1 Å². The zero-order valence-electron chi connectivity index (χ0n) is 11.2. The SMILES string of the molecule is O=C(CC1(C(=O)O)CCCC1)NCc1cccc(F)c1. The second kappa shape index (κ2) is 6.03. The van der Waals surface area contributed by atoms with Crippen molar-refractivity contribution in [1.29, 1.82) is 0 Å². The molecular weight excluding hydrogens is 261 g/mol. The summed E-state index contributed by atoms with van der Waals surface area (Å²) in [7, 11) is 0. The van der Waals surface area contributed by atoms with Crippen molar-refractivity contribution in [3.8, 4) is 0 Å². The number of carboxylic acid groups (broad SMARTS) is 1. The van der Waals surface area contributed by atoms with Gasteiger partial charge in [0.25, 0.3) is 0 Å². The molecule has 0 aliphatic heterocycles. The van der Waals surface area contributed by atoms with Gasteiger partial charge in [-0.05, 0) is 30.5 Å². The highest BCUT2D eigenvalue weighted by molar-refractivity contribution is 5.85. The van der Waals surface area contributed by atoms with Crippen LogP contribution in [0.25, 0.3) is 0 Å². The maximum Gasteiger partial charge on any atom is 0.310 e. The van der Waals surface area contributed by atoms with Crippen molar-refractivity contribution in [3.63, 3.8) is 0 Å². The number of rotatable bonds is 5. The summed E-state index contributed by atoms with van der Waals surface area (Å²) in [4.78, 5) is 23.2. The van der Waals surface area contributed by atoms with Gasteiger partial charge in [0.1, 0.15) is 5.82 Å². The second-order valence-corrected chi connectivity index (χ2v) is 5.38. The highest BCUT2D eigenvalue weighted by atomic mass is 19.1. The van der Waals surface area contributed by atoms with E-state index in [0.29, 0.717) is 18.4 Å². The summed E-state index contributed by atoms with van der Waals surface area (Å²) in [5, 5.41) is 12.0. The molecule has 1 fully saturated rings. The van der Waals surface area contributed by atoms with Crippen LogP contribution < -0.4 is 5.32 Å². The van der Waals surface area contributed by atoms with Crippen molar-refractivity contribution < 1.29 is 19.1 Å². The molecule has 2 N–H and O–H groups in total. The molecule has 1 aliphatic carbocycles. The lowest BCUT2D eigenvalue weighted by atomic mass is 9.82. The molecule has 1 aromatic rings. The van der Waals surface area contributed by atoms with Crippen LogP contribution in [-0.2, 0) is 16.1 Å². The van der Waals surface area contributed by atoms with Crippen LogP contribution in [0.1, 0.15) is 37.7 Å². The largest absolute Gasteiger partial charge is 0.481 e. The van der Waals surface area contributed by atoms with Crippen LogP contribution >= 0.6 is 0 Å². The minimum absolute atomic E-state index is 0.00233. The number of hydrogen-bond donors (Lipinski definition) is 2. The van der Waals surface area contributed by atoms with Gasteiger partial charge in [0, 0.05) is 13.0 Å². The quantitative estimate of drug-likeness (QED) is 0.870. The Morgan fingerprint density at radius 3 is 2.60 bits per heavy atom. The molecule has 0 bridgehead atoms. The second-order valence-electron chi connectivity index (χ2n) is 5.38. The van der Waals surface area contributed by atoms with Gasteiger partial charge in [0.2, 0.25) is 5.91 Å². The van der Waals surface area contributed by atoms with Crippen LogP contribution in [-0.4, -0.2) is 17.0 Å². The van der Waals surface area contributed by atoms with Crippen LogP contribution in [0, 0.1) is 11.2 Å². The van der Waals surface area contributed by atoms with Crippen molar-refractivity contribution >= 4 is 11.9 Å². The molecule has 2 rings (SSSR count). The molecule has 1 aromatic carbocycles. The van der Waals surface area contributed by atoms with Crippen molar-refractivity contribution in [2.45, 2.75) is 38.6 Å². The highest BCUT2D eigenvalue weighted by Gasteiger charge is 2.42. The van der Waals surface area contributed by atoms with Crippen LogP contribution in [0.4, 0.5) is 4.39 Å². The molecule has 108 valence electrons. The van der Waals surface area contributed by atoms with Gasteiger partial charge in [-0.15, -0.1) is 0 Å². The molecule has 0 spiro atoms. The fourth-order valence-corrected chi connectivity index (χ4v) is 2.74. The van der Waals surface area contributed by atoms with E-state index in [2.05, 4.69) is 5.32 Å². The Labute approximate surface area is 117 Å². The number of hydrogen-bond acceptors (Lipinski definition) is 2. The highest BCUT2D eigenvalue weighted by Crippen LogP contribution is 2.41. The Kier molecular flexibility index (Phi) is 4.37. The summed E-state index contributed by atoms with van der Waals surface area (Å²) in [5.41, 5.74) is -0.249. The number of halogens is 1. The number of nitrogens with one attached hydrogen (secondary N) is 1. The molecule has 1 aliphatic rings. The summed E-state index contributed by atoms with van der Waals surface area (Å²) in [6.45, 7) is 0.215. The number of aliphatic carboxylic acids is 1. The van der Waals surface area contributed by atoms with Crippen LogP contribution in [0.15, 0.2) is 24.3 Å². The van der Waals surface area contributed by atoms with E-state index >= 15 is 0 Å². The monoisotopic (exact) mass is 279 g/mol. The van der Waals surface area contributed by atoms with Gasteiger partial charge in [-0.25, -0.2) is 4.39 Å². The van der Waals surface area contributed by atoms with E-state index in [-0.39, 0.29) is 24.7 Å². The first kappa shape index (κ1) is 14.5.